The molecule has 0 amide bonds. The normalized spacial score (nSPS) is 18.3. The first-order valence-electron chi connectivity index (χ1n) is 6.23. The molecule has 0 aliphatic heterocycles. The summed E-state index contributed by atoms with van der Waals surface area (Å²) in [7, 11) is 1.73. The van der Waals surface area contributed by atoms with Crippen molar-refractivity contribution < 1.29 is 4.74 Å². The lowest BCUT2D eigenvalue weighted by Crippen LogP contribution is -2.27. The molecule has 3 heteroatoms. The van der Waals surface area contributed by atoms with Gasteiger partial charge in [0.1, 0.15) is 5.75 Å². The van der Waals surface area contributed by atoms with Crippen molar-refractivity contribution >= 4 is 11.3 Å². The minimum absolute atomic E-state index is 0.732. The van der Waals surface area contributed by atoms with E-state index in [2.05, 4.69) is 16.8 Å². The zero-order valence-electron chi connectivity index (χ0n) is 10.00. The number of rotatable bonds is 4. The average Bonchev–Trinajstić information content (AvgIpc) is 2.61. The standard InChI is InChI=1S/C13H21NOS/c1-15-12-8-13(16-10-12)9-14-11-6-4-2-3-5-7-11/h8,10-11,14H,2-7,9H2,1H3. The number of ether oxygens (including phenoxy) is 1. The SMILES string of the molecule is COc1csc(CNC2CCCCCC2)c1. The molecular weight excluding hydrogens is 218 g/mol. The highest BCUT2D eigenvalue weighted by Gasteiger charge is 2.11. The van der Waals surface area contributed by atoms with E-state index in [0.717, 1.165) is 18.3 Å². The molecule has 16 heavy (non-hydrogen) atoms. The molecule has 1 saturated carbocycles. The van der Waals surface area contributed by atoms with Gasteiger partial charge in [-0.25, -0.2) is 0 Å². The fourth-order valence-electron chi connectivity index (χ4n) is 2.29. The molecule has 1 heterocycles. The number of nitrogens with one attached hydrogen (secondary N) is 1. The summed E-state index contributed by atoms with van der Waals surface area (Å²) in [6.07, 6.45) is 8.33. The topological polar surface area (TPSA) is 21.3 Å². The molecule has 0 saturated heterocycles. The van der Waals surface area contributed by atoms with Crippen LogP contribution in [0.15, 0.2) is 11.4 Å². The Bertz CT molecular complexity index is 303. The first kappa shape index (κ1) is 11.9. The monoisotopic (exact) mass is 239 g/mol. The van der Waals surface area contributed by atoms with E-state index in [1.54, 1.807) is 18.4 Å². The molecule has 90 valence electrons. The van der Waals surface area contributed by atoms with Gasteiger partial charge in [-0.05, 0) is 18.9 Å². The van der Waals surface area contributed by atoms with Crippen molar-refractivity contribution in [2.24, 2.45) is 0 Å². The minimum Gasteiger partial charge on any atom is -0.496 e. The maximum Gasteiger partial charge on any atom is 0.129 e. The number of thiophene rings is 1. The molecule has 0 radical (unpaired) electrons. The van der Waals surface area contributed by atoms with Crippen LogP contribution in [0.3, 0.4) is 0 Å². The van der Waals surface area contributed by atoms with Crippen molar-refractivity contribution in [1.29, 1.82) is 0 Å². The minimum atomic E-state index is 0.732. The van der Waals surface area contributed by atoms with Gasteiger partial charge in [0.15, 0.2) is 0 Å². The number of hydrogen-bond acceptors (Lipinski definition) is 3. The van der Waals surface area contributed by atoms with E-state index in [-0.39, 0.29) is 0 Å². The zero-order valence-corrected chi connectivity index (χ0v) is 10.8. The summed E-state index contributed by atoms with van der Waals surface area (Å²) in [6.45, 7) is 0.999. The summed E-state index contributed by atoms with van der Waals surface area (Å²) >= 11 is 1.78. The Balaban J connectivity index is 1.77. The molecule has 2 rings (SSSR count). The van der Waals surface area contributed by atoms with Crippen LogP contribution in [0.25, 0.3) is 0 Å². The lowest BCUT2D eigenvalue weighted by molar-refractivity contribution is 0.415. The van der Waals surface area contributed by atoms with Gasteiger partial charge >= 0.3 is 0 Å². The Hall–Kier alpha value is -0.540. The van der Waals surface area contributed by atoms with Crippen LogP contribution in [0, 0.1) is 0 Å². The van der Waals surface area contributed by atoms with Gasteiger partial charge < -0.3 is 10.1 Å². The van der Waals surface area contributed by atoms with Crippen LogP contribution < -0.4 is 10.1 Å². The van der Waals surface area contributed by atoms with Gasteiger partial charge in [0.25, 0.3) is 0 Å². The lowest BCUT2D eigenvalue weighted by Gasteiger charge is -2.15. The number of hydrogen-bond donors (Lipinski definition) is 1. The highest BCUT2D eigenvalue weighted by molar-refractivity contribution is 7.10. The van der Waals surface area contributed by atoms with E-state index in [9.17, 15) is 0 Å². The van der Waals surface area contributed by atoms with Gasteiger partial charge in [-0.2, -0.15) is 0 Å². The van der Waals surface area contributed by atoms with Crippen LogP contribution in [0.2, 0.25) is 0 Å². The number of methoxy groups -OCH3 is 1. The van der Waals surface area contributed by atoms with Gasteiger partial charge in [0.2, 0.25) is 0 Å². The summed E-state index contributed by atoms with van der Waals surface area (Å²) in [5.41, 5.74) is 0. The molecular formula is C13H21NOS. The van der Waals surface area contributed by atoms with Crippen LogP contribution in [0.1, 0.15) is 43.4 Å². The van der Waals surface area contributed by atoms with E-state index >= 15 is 0 Å². The third-order valence-electron chi connectivity index (χ3n) is 3.29. The van der Waals surface area contributed by atoms with Gasteiger partial charge in [0, 0.05) is 22.8 Å². The molecule has 1 aliphatic carbocycles. The van der Waals surface area contributed by atoms with Gasteiger partial charge in [0.05, 0.1) is 7.11 Å². The molecule has 1 aromatic rings. The van der Waals surface area contributed by atoms with Crippen molar-refractivity contribution in [3.05, 3.63) is 16.3 Å². The lowest BCUT2D eigenvalue weighted by atomic mass is 10.1. The maximum absolute atomic E-state index is 5.19. The Kier molecular flexibility index (Phi) is 4.67. The van der Waals surface area contributed by atoms with Crippen molar-refractivity contribution in [2.75, 3.05) is 7.11 Å². The molecule has 0 aromatic carbocycles. The largest absolute Gasteiger partial charge is 0.496 e. The van der Waals surface area contributed by atoms with Crippen LogP contribution in [0.4, 0.5) is 0 Å². The van der Waals surface area contributed by atoms with Gasteiger partial charge in [-0.1, -0.05) is 25.7 Å². The van der Waals surface area contributed by atoms with Crippen LogP contribution >= 0.6 is 11.3 Å². The van der Waals surface area contributed by atoms with E-state index in [4.69, 9.17) is 4.74 Å². The highest BCUT2D eigenvalue weighted by atomic mass is 32.1. The van der Waals surface area contributed by atoms with Crippen molar-refractivity contribution in [3.63, 3.8) is 0 Å². The summed E-state index contributed by atoms with van der Waals surface area (Å²) in [4.78, 5) is 1.38. The van der Waals surface area contributed by atoms with E-state index in [1.165, 1.54) is 43.4 Å². The fourth-order valence-corrected chi connectivity index (χ4v) is 3.07. The smallest absolute Gasteiger partial charge is 0.129 e. The molecule has 1 fully saturated rings. The Morgan fingerprint density at radius 2 is 2.06 bits per heavy atom. The Labute approximate surface area is 102 Å². The van der Waals surface area contributed by atoms with Crippen molar-refractivity contribution in [2.45, 2.75) is 51.1 Å². The first-order valence-corrected chi connectivity index (χ1v) is 7.11. The summed E-state index contributed by atoms with van der Waals surface area (Å²) in [5.74, 6) is 0.989. The Morgan fingerprint density at radius 3 is 2.69 bits per heavy atom. The summed E-state index contributed by atoms with van der Waals surface area (Å²) in [6, 6.07) is 2.87. The van der Waals surface area contributed by atoms with Crippen molar-refractivity contribution in [1.82, 2.24) is 5.32 Å². The zero-order chi connectivity index (χ0) is 11.2. The predicted molar refractivity (Wildman–Crippen MR) is 69.2 cm³/mol. The molecule has 0 bridgehead atoms. The van der Waals surface area contributed by atoms with Gasteiger partial charge in [-0.15, -0.1) is 11.3 Å². The fraction of sp³-hybridized carbons (Fsp3) is 0.692. The Morgan fingerprint density at radius 1 is 1.31 bits per heavy atom. The van der Waals surface area contributed by atoms with Crippen molar-refractivity contribution in [3.8, 4) is 5.75 Å². The maximum atomic E-state index is 5.19. The second-order valence-electron chi connectivity index (χ2n) is 4.52. The highest BCUT2D eigenvalue weighted by Crippen LogP contribution is 2.22. The predicted octanol–water partition coefficient (Wildman–Crippen LogP) is 3.57. The van der Waals surface area contributed by atoms with E-state index in [1.807, 2.05) is 0 Å². The molecule has 1 aromatic heterocycles. The first-order chi connectivity index (χ1) is 7.88. The molecule has 1 aliphatic rings. The second-order valence-corrected chi connectivity index (χ2v) is 5.52. The van der Waals surface area contributed by atoms with Crippen LogP contribution in [-0.2, 0) is 6.54 Å². The van der Waals surface area contributed by atoms with Gasteiger partial charge in [-0.3, -0.25) is 0 Å². The third kappa shape index (κ3) is 3.49. The third-order valence-corrected chi connectivity index (χ3v) is 4.20. The quantitative estimate of drug-likeness (QED) is 0.811. The molecule has 0 atom stereocenters. The molecule has 2 nitrogen and oxygen atoms in total. The molecule has 0 spiro atoms. The summed E-state index contributed by atoms with van der Waals surface area (Å²) in [5, 5.41) is 5.74. The van der Waals surface area contributed by atoms with Crippen LogP contribution in [0.5, 0.6) is 5.75 Å². The summed E-state index contributed by atoms with van der Waals surface area (Å²) < 4.78 is 5.19. The average molecular weight is 239 g/mol. The molecule has 1 N–H and O–H groups in total. The second kappa shape index (κ2) is 6.26. The molecule has 0 unspecified atom stereocenters. The van der Waals surface area contributed by atoms with E-state index < -0.39 is 0 Å². The van der Waals surface area contributed by atoms with Crippen LogP contribution in [-0.4, -0.2) is 13.2 Å². The van der Waals surface area contributed by atoms with E-state index in [0.29, 0.717) is 0 Å².